The number of rotatable bonds is 7. The lowest BCUT2D eigenvalue weighted by Crippen LogP contribution is -2.33. The number of para-hydroxylation sites is 1. The van der Waals surface area contributed by atoms with Gasteiger partial charge < -0.3 is 14.8 Å². The Morgan fingerprint density at radius 1 is 0.917 bits per heavy atom. The summed E-state index contributed by atoms with van der Waals surface area (Å²) in [6, 6.07) is 19.4. The summed E-state index contributed by atoms with van der Waals surface area (Å²) in [7, 11) is 0. The van der Waals surface area contributed by atoms with Gasteiger partial charge in [0, 0.05) is 5.69 Å². The number of hydrogen-bond donors (Lipinski definition) is 1. The average molecular weight is 505 g/mol. The third-order valence-corrected chi connectivity index (χ3v) is 5.61. The molecule has 4 rings (SSSR count). The van der Waals surface area contributed by atoms with Crippen molar-refractivity contribution >= 4 is 46.7 Å². The number of esters is 2. The molecule has 0 fully saturated rings. The predicted molar refractivity (Wildman–Crippen MR) is 134 cm³/mol. The average Bonchev–Trinajstić information content (AvgIpc) is 3.07. The monoisotopic (exact) mass is 504 g/mol. The normalized spacial score (nSPS) is 13.1. The van der Waals surface area contributed by atoms with Crippen molar-refractivity contribution in [1.29, 1.82) is 0 Å². The van der Waals surface area contributed by atoms with Crippen LogP contribution >= 0.6 is 11.6 Å². The van der Waals surface area contributed by atoms with Crippen LogP contribution in [0.5, 0.6) is 5.75 Å². The molecule has 3 aromatic rings. The van der Waals surface area contributed by atoms with Crippen LogP contribution in [-0.2, 0) is 14.3 Å². The molecule has 2 amide bonds. The molecule has 36 heavy (non-hydrogen) atoms. The van der Waals surface area contributed by atoms with Gasteiger partial charge in [-0.05, 0) is 67.9 Å². The Morgan fingerprint density at radius 3 is 2.33 bits per heavy atom. The first-order valence-electron chi connectivity index (χ1n) is 11.0. The van der Waals surface area contributed by atoms with Crippen molar-refractivity contribution in [2.75, 3.05) is 16.8 Å². The lowest BCUT2D eigenvalue weighted by atomic mass is 10.1. The molecule has 182 valence electrons. The van der Waals surface area contributed by atoms with Crippen LogP contribution < -0.4 is 15.0 Å². The Labute approximate surface area is 212 Å². The van der Waals surface area contributed by atoms with Crippen LogP contribution in [-0.4, -0.2) is 30.4 Å². The molecular weight excluding hydrogens is 484 g/mol. The molecule has 1 aliphatic heterocycles. The quantitative estimate of drug-likeness (QED) is 0.279. The van der Waals surface area contributed by atoms with Crippen molar-refractivity contribution in [3.63, 3.8) is 0 Å². The number of imide groups is 1. The molecule has 0 aromatic heterocycles. The lowest BCUT2D eigenvalue weighted by molar-refractivity contribution is -0.120. The van der Waals surface area contributed by atoms with E-state index in [4.69, 9.17) is 21.1 Å². The van der Waals surface area contributed by atoms with Crippen LogP contribution in [0.25, 0.3) is 0 Å². The maximum absolute atomic E-state index is 13.1. The van der Waals surface area contributed by atoms with E-state index in [2.05, 4.69) is 5.32 Å². The highest BCUT2D eigenvalue weighted by molar-refractivity contribution is 6.53. The summed E-state index contributed by atoms with van der Waals surface area (Å²) in [6.45, 7) is 3.68. The van der Waals surface area contributed by atoms with E-state index in [1.165, 1.54) is 24.3 Å². The van der Waals surface area contributed by atoms with E-state index >= 15 is 0 Å². The molecule has 9 heteroatoms. The Kier molecular flexibility index (Phi) is 7.17. The van der Waals surface area contributed by atoms with Crippen molar-refractivity contribution in [1.82, 2.24) is 0 Å². The molecule has 0 radical (unpaired) electrons. The molecule has 8 nitrogen and oxygen atoms in total. The minimum atomic E-state index is -0.778. The van der Waals surface area contributed by atoms with Crippen LogP contribution in [0.15, 0.2) is 83.5 Å². The van der Waals surface area contributed by atoms with E-state index in [9.17, 15) is 19.2 Å². The largest absolute Gasteiger partial charge is 0.462 e. The van der Waals surface area contributed by atoms with Gasteiger partial charge in [0.1, 0.15) is 16.5 Å². The van der Waals surface area contributed by atoms with Crippen LogP contribution in [0.4, 0.5) is 11.4 Å². The molecule has 0 bridgehead atoms. The smallest absolute Gasteiger partial charge is 0.343 e. The number of nitrogens with zero attached hydrogens (tertiary/aromatic N) is 1. The molecule has 0 atom stereocenters. The molecule has 0 aliphatic carbocycles. The molecule has 0 saturated carbocycles. The first-order chi connectivity index (χ1) is 17.3. The van der Waals surface area contributed by atoms with Crippen molar-refractivity contribution in [2.24, 2.45) is 0 Å². The van der Waals surface area contributed by atoms with E-state index < -0.39 is 23.8 Å². The highest BCUT2D eigenvalue weighted by Crippen LogP contribution is 2.32. The Morgan fingerprint density at radius 2 is 1.64 bits per heavy atom. The number of carbonyl (C=O) groups is 4. The minimum Gasteiger partial charge on any atom is -0.462 e. The molecule has 1 heterocycles. The van der Waals surface area contributed by atoms with Crippen molar-refractivity contribution in [3.05, 3.63) is 100 Å². The van der Waals surface area contributed by atoms with E-state index in [-0.39, 0.29) is 28.6 Å². The van der Waals surface area contributed by atoms with Crippen molar-refractivity contribution in [2.45, 2.75) is 13.8 Å². The van der Waals surface area contributed by atoms with Gasteiger partial charge in [0.15, 0.2) is 0 Å². The second-order valence-corrected chi connectivity index (χ2v) is 8.16. The molecule has 1 aliphatic rings. The van der Waals surface area contributed by atoms with Crippen LogP contribution in [0.1, 0.15) is 33.2 Å². The molecule has 0 spiro atoms. The number of nitrogens with one attached hydrogen (secondary N) is 1. The zero-order chi connectivity index (χ0) is 25.8. The summed E-state index contributed by atoms with van der Waals surface area (Å²) in [4.78, 5) is 51.6. The van der Waals surface area contributed by atoms with Gasteiger partial charge in [0.05, 0.1) is 23.4 Å². The summed E-state index contributed by atoms with van der Waals surface area (Å²) >= 11 is 6.21. The maximum atomic E-state index is 13.1. The number of carbonyl (C=O) groups excluding carboxylic acids is 4. The SMILES string of the molecule is CCOC(=O)c1ccccc1N1C(=O)C(Cl)=C(Nc2ccc(C(=O)Oc3cccc(C)c3)cc2)C1=O. The third kappa shape index (κ3) is 4.99. The van der Waals surface area contributed by atoms with Gasteiger partial charge in [-0.3, -0.25) is 9.59 Å². The van der Waals surface area contributed by atoms with E-state index in [0.717, 1.165) is 10.5 Å². The van der Waals surface area contributed by atoms with Gasteiger partial charge in [-0.15, -0.1) is 0 Å². The summed E-state index contributed by atoms with van der Waals surface area (Å²) in [5.74, 6) is -2.29. The fourth-order valence-electron chi connectivity index (χ4n) is 3.56. The van der Waals surface area contributed by atoms with Gasteiger partial charge in [0.2, 0.25) is 0 Å². The Balaban J connectivity index is 1.51. The van der Waals surface area contributed by atoms with Gasteiger partial charge in [-0.25, -0.2) is 14.5 Å². The van der Waals surface area contributed by atoms with Crippen molar-refractivity contribution in [3.8, 4) is 5.75 Å². The predicted octanol–water partition coefficient (Wildman–Crippen LogP) is 4.83. The number of benzene rings is 3. The third-order valence-electron chi connectivity index (χ3n) is 5.26. The number of ether oxygens (including phenoxy) is 2. The first kappa shape index (κ1) is 24.7. The minimum absolute atomic E-state index is 0.0586. The van der Waals surface area contributed by atoms with E-state index in [1.54, 1.807) is 49.4 Å². The number of anilines is 2. The molecule has 0 saturated heterocycles. The highest BCUT2D eigenvalue weighted by Gasteiger charge is 2.40. The van der Waals surface area contributed by atoms with Crippen molar-refractivity contribution < 1.29 is 28.7 Å². The van der Waals surface area contributed by atoms with E-state index in [0.29, 0.717) is 17.0 Å². The van der Waals surface area contributed by atoms with Crippen LogP contribution in [0.3, 0.4) is 0 Å². The van der Waals surface area contributed by atoms with Gasteiger partial charge >= 0.3 is 11.9 Å². The maximum Gasteiger partial charge on any atom is 0.343 e. The van der Waals surface area contributed by atoms with Crippen LogP contribution in [0.2, 0.25) is 0 Å². The first-order valence-corrected chi connectivity index (χ1v) is 11.4. The standard InChI is InChI=1S/C27H21ClN2O6/c1-3-35-27(34)20-9-4-5-10-21(20)30-24(31)22(28)23(25(30)32)29-18-13-11-17(12-14-18)26(33)36-19-8-6-7-16(2)15-19/h4-15,29H,3H2,1-2H3. The summed E-state index contributed by atoms with van der Waals surface area (Å²) in [6.07, 6.45) is 0. The van der Waals surface area contributed by atoms with Gasteiger partial charge in [0.25, 0.3) is 11.8 Å². The Bertz CT molecular complexity index is 1400. The molecule has 3 aromatic carbocycles. The molecular formula is C27H21ClN2O6. The number of aryl methyl sites for hydroxylation is 1. The van der Waals surface area contributed by atoms with Crippen LogP contribution in [0, 0.1) is 6.92 Å². The highest BCUT2D eigenvalue weighted by atomic mass is 35.5. The fraction of sp³-hybridized carbons (Fsp3) is 0.111. The summed E-state index contributed by atoms with van der Waals surface area (Å²) < 4.78 is 10.4. The second kappa shape index (κ2) is 10.5. The number of halogens is 1. The summed E-state index contributed by atoms with van der Waals surface area (Å²) in [5.41, 5.74) is 1.63. The van der Waals surface area contributed by atoms with E-state index in [1.807, 2.05) is 13.0 Å². The molecule has 1 N–H and O–H groups in total. The van der Waals surface area contributed by atoms with Gasteiger partial charge in [-0.2, -0.15) is 0 Å². The Hall–Kier alpha value is -4.43. The van der Waals surface area contributed by atoms with Gasteiger partial charge in [-0.1, -0.05) is 35.9 Å². The lowest BCUT2D eigenvalue weighted by Gasteiger charge is -2.18. The summed E-state index contributed by atoms with van der Waals surface area (Å²) in [5, 5.41) is 2.50. The number of amides is 2. The zero-order valence-electron chi connectivity index (χ0n) is 19.4. The zero-order valence-corrected chi connectivity index (χ0v) is 20.2. The topological polar surface area (TPSA) is 102 Å². The molecule has 0 unspecified atom stereocenters. The number of hydrogen-bond acceptors (Lipinski definition) is 7. The fourth-order valence-corrected chi connectivity index (χ4v) is 3.77. The second-order valence-electron chi connectivity index (χ2n) is 7.78.